The van der Waals surface area contributed by atoms with Gasteiger partial charge in [-0.2, -0.15) is 0 Å². The number of hydrogen-bond acceptors (Lipinski definition) is 1. The van der Waals surface area contributed by atoms with E-state index >= 15 is 0 Å². The van der Waals surface area contributed by atoms with Crippen LogP contribution < -0.4 is 4.90 Å². The zero-order valence-electron chi connectivity index (χ0n) is 35.2. The Morgan fingerprint density at radius 3 is 1.49 bits per heavy atom. The monoisotopic (exact) mass is 729 g/mol. The van der Waals surface area contributed by atoms with E-state index in [9.17, 15) is 5.48 Å². The Hall–Kier alpha value is -7.48. The average Bonchev–Trinajstić information content (AvgIpc) is 3.32. The van der Waals surface area contributed by atoms with Crippen LogP contribution in [-0.2, 0) is 0 Å². The van der Waals surface area contributed by atoms with E-state index in [1.54, 1.807) is 0 Å². The van der Waals surface area contributed by atoms with Gasteiger partial charge in [-0.1, -0.05) is 194 Å². The first-order chi connectivity index (χ1) is 29.9. The molecule has 1 heteroatoms. The van der Waals surface area contributed by atoms with Gasteiger partial charge in [-0.15, -0.1) is 0 Å². The van der Waals surface area contributed by atoms with Crippen molar-refractivity contribution in [3.05, 3.63) is 236 Å². The normalized spacial score (nSPS) is 12.1. The summed E-state index contributed by atoms with van der Waals surface area (Å²) < 4.78 is 37.3. The number of rotatable bonds is 8. The molecule has 0 aromatic heterocycles. The lowest BCUT2D eigenvalue weighted by Crippen LogP contribution is -2.09. The number of anilines is 3. The van der Waals surface area contributed by atoms with Crippen molar-refractivity contribution < 1.29 is 5.48 Å². The molecule has 0 aliphatic rings. The van der Waals surface area contributed by atoms with E-state index in [4.69, 9.17) is 0 Å². The second-order valence-corrected chi connectivity index (χ2v) is 14.2. The molecule has 0 spiro atoms. The molecule has 1 nitrogen and oxygen atoms in total. The Balaban J connectivity index is 1.10. The van der Waals surface area contributed by atoms with Gasteiger partial charge in [0.15, 0.2) is 0 Å². The van der Waals surface area contributed by atoms with Gasteiger partial charge in [0, 0.05) is 17.1 Å². The second kappa shape index (κ2) is 15.0. The van der Waals surface area contributed by atoms with Crippen molar-refractivity contribution in [3.8, 4) is 55.6 Å². The Morgan fingerprint density at radius 1 is 0.281 bits per heavy atom. The van der Waals surface area contributed by atoms with Crippen molar-refractivity contribution in [1.29, 1.82) is 0 Å². The molecule has 0 amide bonds. The summed E-state index contributed by atoms with van der Waals surface area (Å²) in [4.78, 5) is 1.86. The maximum absolute atomic E-state index is 9.44. The molecule has 0 unspecified atom stereocenters. The van der Waals surface area contributed by atoms with Gasteiger partial charge < -0.3 is 4.90 Å². The van der Waals surface area contributed by atoms with Crippen LogP contribution in [0.4, 0.5) is 17.1 Å². The Kier molecular flexibility index (Phi) is 7.84. The smallest absolute Gasteiger partial charge is 0.0645 e. The van der Waals surface area contributed by atoms with Gasteiger partial charge in [0.25, 0.3) is 0 Å². The first-order valence-electron chi connectivity index (χ1n) is 21.3. The molecule has 0 radical (unpaired) electrons. The fourth-order valence-electron chi connectivity index (χ4n) is 7.94. The lowest BCUT2D eigenvalue weighted by Gasteiger charge is -2.26. The number of nitrogens with zero attached hydrogens (tertiary/aromatic N) is 1. The van der Waals surface area contributed by atoms with Crippen LogP contribution in [0.3, 0.4) is 0 Å². The van der Waals surface area contributed by atoms with Gasteiger partial charge in [0.05, 0.1) is 5.48 Å². The van der Waals surface area contributed by atoms with Crippen LogP contribution >= 0.6 is 0 Å². The predicted octanol–water partition coefficient (Wildman–Crippen LogP) is 15.8. The number of fused-ring (bicyclic) bond motifs is 2. The maximum Gasteiger partial charge on any atom is 0.0645 e. The first-order valence-corrected chi connectivity index (χ1v) is 19.3. The topological polar surface area (TPSA) is 3.24 Å². The van der Waals surface area contributed by atoms with Gasteiger partial charge >= 0.3 is 0 Å². The minimum absolute atomic E-state index is 0.0886. The summed E-state index contributed by atoms with van der Waals surface area (Å²) in [6.45, 7) is 0. The molecule has 10 aromatic carbocycles. The zero-order valence-corrected chi connectivity index (χ0v) is 31.2. The molecule has 0 fully saturated rings. The Labute approximate surface area is 340 Å². The standard InChI is InChI=1S/C56H39N/c1-3-13-40(14-4-1)41-25-32-49(33-26-41)57(50-34-27-42(28-35-50)47-20-11-21-48(39-47)53-24-12-19-43-15-7-9-22-52(43)53)51-36-29-45(30-37-51)55-38-31-44-16-8-10-23-54(44)56(55)46-17-5-2-6-18-46/h1-39H/i25D,26D,32D,33D. The second-order valence-electron chi connectivity index (χ2n) is 14.2. The molecule has 0 aliphatic heterocycles. The summed E-state index contributed by atoms with van der Waals surface area (Å²) in [5.74, 6) is 0. The van der Waals surface area contributed by atoms with E-state index in [-0.39, 0.29) is 35.4 Å². The van der Waals surface area contributed by atoms with Crippen LogP contribution in [0.25, 0.3) is 77.2 Å². The Bertz CT molecular complexity index is 3180. The quantitative estimate of drug-likeness (QED) is 0.151. The van der Waals surface area contributed by atoms with Gasteiger partial charge in [-0.3, -0.25) is 0 Å². The largest absolute Gasteiger partial charge is 0.311 e. The first kappa shape index (κ1) is 29.8. The molecule has 10 aromatic rings. The van der Waals surface area contributed by atoms with E-state index in [0.717, 1.165) is 38.9 Å². The van der Waals surface area contributed by atoms with Crippen LogP contribution in [0.15, 0.2) is 236 Å². The predicted molar refractivity (Wildman–Crippen MR) is 243 cm³/mol. The van der Waals surface area contributed by atoms with Crippen LogP contribution in [0.5, 0.6) is 0 Å². The lowest BCUT2D eigenvalue weighted by atomic mass is 9.90. The van der Waals surface area contributed by atoms with Gasteiger partial charge in [0.1, 0.15) is 0 Å². The fraction of sp³-hybridized carbons (Fsp3) is 0. The molecular weight excluding hydrogens is 687 g/mol. The SMILES string of the molecule is [2H]c1c([2H])c(N(c2ccc(-c3cccc(-c4cccc5ccccc45)c3)cc2)c2ccc(-c3ccc4ccccc4c3-c3ccccc3)cc2)c([2H])c([2H])c1-c1ccccc1. The van der Waals surface area contributed by atoms with Crippen LogP contribution in [0.2, 0.25) is 0 Å². The number of hydrogen-bond donors (Lipinski definition) is 0. The molecule has 0 heterocycles. The van der Waals surface area contributed by atoms with Crippen LogP contribution in [-0.4, -0.2) is 0 Å². The number of benzene rings is 10. The third-order valence-corrected chi connectivity index (χ3v) is 10.7. The third kappa shape index (κ3) is 6.66. The molecule has 268 valence electrons. The molecule has 57 heavy (non-hydrogen) atoms. The lowest BCUT2D eigenvalue weighted by molar-refractivity contribution is 1.28. The molecule has 0 bridgehead atoms. The molecule has 10 rings (SSSR count). The van der Waals surface area contributed by atoms with Crippen molar-refractivity contribution >= 4 is 38.6 Å². The van der Waals surface area contributed by atoms with E-state index in [2.05, 4.69) is 152 Å². The molecule has 0 atom stereocenters. The third-order valence-electron chi connectivity index (χ3n) is 10.7. The van der Waals surface area contributed by atoms with Gasteiger partial charge in [0.2, 0.25) is 0 Å². The minimum Gasteiger partial charge on any atom is -0.311 e. The summed E-state index contributed by atoms with van der Waals surface area (Å²) in [6.07, 6.45) is 0. The average molecular weight is 730 g/mol. The summed E-state index contributed by atoms with van der Waals surface area (Å²) in [6, 6.07) is 71.8. The molecule has 0 N–H and O–H groups in total. The van der Waals surface area contributed by atoms with Gasteiger partial charge in [-0.05, 0) is 120 Å². The molecule has 0 saturated carbocycles. The minimum atomic E-state index is -0.114. The van der Waals surface area contributed by atoms with Crippen molar-refractivity contribution in [2.24, 2.45) is 0 Å². The van der Waals surface area contributed by atoms with E-state index in [1.165, 1.54) is 27.1 Å². The highest BCUT2D eigenvalue weighted by molar-refractivity contribution is 6.04. The summed E-state index contributed by atoms with van der Waals surface area (Å²) in [5, 5.41) is 4.73. The zero-order chi connectivity index (χ0) is 41.5. The highest BCUT2D eigenvalue weighted by atomic mass is 15.1. The van der Waals surface area contributed by atoms with Gasteiger partial charge in [-0.25, -0.2) is 0 Å². The molecular formula is C56H39N. The summed E-state index contributed by atoms with van der Waals surface area (Å²) >= 11 is 0. The van der Waals surface area contributed by atoms with Crippen LogP contribution in [0, 0.1) is 0 Å². The fourth-order valence-corrected chi connectivity index (χ4v) is 7.94. The van der Waals surface area contributed by atoms with E-state index in [1.807, 2.05) is 65.6 Å². The highest BCUT2D eigenvalue weighted by Crippen LogP contribution is 2.41. The van der Waals surface area contributed by atoms with Crippen molar-refractivity contribution in [2.75, 3.05) is 4.90 Å². The van der Waals surface area contributed by atoms with Crippen LogP contribution in [0.1, 0.15) is 5.48 Å². The summed E-state index contributed by atoms with van der Waals surface area (Å²) in [7, 11) is 0. The summed E-state index contributed by atoms with van der Waals surface area (Å²) in [5.41, 5.74) is 11.3. The van der Waals surface area contributed by atoms with Crippen molar-refractivity contribution in [1.82, 2.24) is 0 Å². The van der Waals surface area contributed by atoms with E-state index in [0.29, 0.717) is 16.9 Å². The maximum atomic E-state index is 9.44. The van der Waals surface area contributed by atoms with Crippen molar-refractivity contribution in [3.63, 3.8) is 0 Å². The van der Waals surface area contributed by atoms with E-state index < -0.39 is 0 Å². The molecule has 0 saturated heterocycles. The van der Waals surface area contributed by atoms with Crippen molar-refractivity contribution in [2.45, 2.75) is 0 Å². The molecule has 0 aliphatic carbocycles. The Morgan fingerprint density at radius 2 is 0.789 bits per heavy atom. The highest BCUT2D eigenvalue weighted by Gasteiger charge is 2.16.